The van der Waals surface area contributed by atoms with Crippen molar-refractivity contribution < 1.29 is 0 Å². The van der Waals surface area contributed by atoms with Gasteiger partial charge in [-0.25, -0.2) is 4.98 Å². The van der Waals surface area contributed by atoms with E-state index in [9.17, 15) is 0 Å². The first-order valence-electron chi connectivity index (χ1n) is 17.8. The first-order chi connectivity index (χ1) is 23.8. The second-order valence-corrected chi connectivity index (χ2v) is 16.2. The van der Waals surface area contributed by atoms with Crippen molar-refractivity contribution in [2.24, 2.45) is 23.7 Å². The number of fused-ring (bicyclic) bond motifs is 10. The maximum Gasteiger partial charge on any atom is 0.145 e. The van der Waals surface area contributed by atoms with Crippen LogP contribution in [0.15, 0.2) is 121 Å². The summed E-state index contributed by atoms with van der Waals surface area (Å²) in [5, 5.41) is 5.52. The van der Waals surface area contributed by atoms with Gasteiger partial charge >= 0.3 is 0 Å². The lowest BCUT2D eigenvalue weighted by Gasteiger charge is -2.61. The highest BCUT2D eigenvalue weighted by Gasteiger charge is 2.61. The minimum Gasteiger partial charge on any atom is -0.292 e. The van der Waals surface area contributed by atoms with Crippen molar-refractivity contribution in [1.29, 1.82) is 0 Å². The molecule has 4 saturated carbocycles. The quantitative estimate of drug-likeness (QED) is 0.185. The zero-order valence-corrected chi connectivity index (χ0v) is 27.5. The molecule has 5 aliphatic carbocycles. The third-order valence-electron chi connectivity index (χ3n) is 13.0. The third kappa shape index (κ3) is 3.17. The van der Waals surface area contributed by atoms with Gasteiger partial charge in [-0.2, -0.15) is 0 Å². The monoisotopic (exact) mass is 634 g/mol. The largest absolute Gasteiger partial charge is 0.292 e. The molecule has 0 atom stereocenters. The van der Waals surface area contributed by atoms with Crippen LogP contribution >= 0.6 is 11.3 Å². The van der Waals surface area contributed by atoms with Crippen LogP contribution in [0, 0.1) is 23.7 Å². The molecule has 4 bridgehead atoms. The van der Waals surface area contributed by atoms with Gasteiger partial charge in [0, 0.05) is 36.5 Å². The molecular formula is C45H34N2S. The Balaban J connectivity index is 1.19. The van der Waals surface area contributed by atoms with Crippen LogP contribution < -0.4 is 0 Å². The number of hydrogen-bond acceptors (Lipinski definition) is 2. The van der Waals surface area contributed by atoms with Crippen molar-refractivity contribution in [2.75, 3.05) is 0 Å². The van der Waals surface area contributed by atoms with Crippen LogP contribution in [0.25, 0.3) is 70.2 Å². The molecule has 13 rings (SSSR count). The normalized spacial score (nSPS) is 25.2. The van der Waals surface area contributed by atoms with Crippen LogP contribution in [0.1, 0.15) is 43.2 Å². The highest BCUT2D eigenvalue weighted by Crippen LogP contribution is 2.70. The van der Waals surface area contributed by atoms with E-state index in [1.54, 1.807) is 11.1 Å². The maximum atomic E-state index is 5.21. The molecule has 1 spiro atoms. The Morgan fingerprint density at radius 1 is 0.604 bits per heavy atom. The van der Waals surface area contributed by atoms with Gasteiger partial charge in [0.25, 0.3) is 0 Å². The summed E-state index contributed by atoms with van der Waals surface area (Å²) in [4.78, 5) is 5.21. The van der Waals surface area contributed by atoms with Gasteiger partial charge in [0.05, 0.1) is 16.7 Å². The summed E-state index contributed by atoms with van der Waals surface area (Å²) in [6.07, 6.45) is 7.14. The summed E-state index contributed by atoms with van der Waals surface area (Å²) in [6.45, 7) is 0. The number of benzene rings is 6. The van der Waals surface area contributed by atoms with Crippen LogP contribution in [0.5, 0.6) is 0 Å². The highest BCUT2D eigenvalue weighted by atomic mass is 32.1. The Morgan fingerprint density at radius 2 is 1.31 bits per heavy atom. The molecule has 5 aliphatic rings. The van der Waals surface area contributed by atoms with Gasteiger partial charge < -0.3 is 0 Å². The van der Waals surface area contributed by atoms with Crippen LogP contribution in [0.2, 0.25) is 0 Å². The molecule has 48 heavy (non-hydrogen) atoms. The minimum absolute atomic E-state index is 0.178. The molecule has 2 heterocycles. The van der Waals surface area contributed by atoms with Crippen molar-refractivity contribution >= 4 is 53.3 Å². The molecule has 2 nitrogen and oxygen atoms in total. The van der Waals surface area contributed by atoms with Gasteiger partial charge in [-0.05, 0) is 108 Å². The van der Waals surface area contributed by atoms with E-state index in [0.717, 1.165) is 46.1 Å². The summed E-state index contributed by atoms with van der Waals surface area (Å²) in [6, 6.07) is 45.5. The smallest absolute Gasteiger partial charge is 0.145 e. The van der Waals surface area contributed by atoms with Gasteiger partial charge in [-0.3, -0.25) is 4.57 Å². The Labute approximate surface area is 283 Å². The zero-order chi connectivity index (χ0) is 31.1. The molecule has 0 unspecified atom stereocenters. The molecule has 0 aliphatic heterocycles. The molecule has 0 N–H and O–H groups in total. The second kappa shape index (κ2) is 9.24. The predicted molar refractivity (Wildman–Crippen MR) is 200 cm³/mol. The summed E-state index contributed by atoms with van der Waals surface area (Å²) in [7, 11) is 0. The van der Waals surface area contributed by atoms with Crippen molar-refractivity contribution in [3.63, 3.8) is 0 Å². The molecule has 4 fully saturated rings. The van der Waals surface area contributed by atoms with Crippen molar-refractivity contribution in [2.45, 2.75) is 37.5 Å². The lowest BCUT2D eigenvalue weighted by atomic mass is 9.43. The molecule has 8 aromatic rings. The molecule has 0 radical (unpaired) electrons. The fourth-order valence-electron chi connectivity index (χ4n) is 11.6. The van der Waals surface area contributed by atoms with E-state index in [1.807, 2.05) is 11.3 Å². The molecule has 0 amide bonds. The van der Waals surface area contributed by atoms with Gasteiger partial charge in [0.15, 0.2) is 0 Å². The summed E-state index contributed by atoms with van der Waals surface area (Å²) < 4.78 is 5.16. The van der Waals surface area contributed by atoms with Gasteiger partial charge in [-0.1, -0.05) is 97.1 Å². The summed E-state index contributed by atoms with van der Waals surface area (Å²) in [5.74, 6) is 4.42. The SMILES string of the molecule is c1ccc(-c2nc3ccccc3n2-c2cc3sc4ccc5c(c4c3c3ccccc23)-c2ccccc2C52C3CC4CC(C3)CC2C4)cc1. The topological polar surface area (TPSA) is 17.8 Å². The molecule has 230 valence electrons. The predicted octanol–water partition coefficient (Wildman–Crippen LogP) is 11.9. The lowest BCUT2D eigenvalue weighted by Crippen LogP contribution is -2.55. The van der Waals surface area contributed by atoms with Crippen molar-refractivity contribution in [1.82, 2.24) is 9.55 Å². The summed E-state index contributed by atoms with van der Waals surface area (Å²) in [5.41, 5.74) is 11.0. The number of imidazole rings is 1. The van der Waals surface area contributed by atoms with E-state index >= 15 is 0 Å². The number of aromatic nitrogens is 2. The number of hydrogen-bond donors (Lipinski definition) is 0. The summed E-state index contributed by atoms with van der Waals surface area (Å²) >= 11 is 1.97. The highest BCUT2D eigenvalue weighted by molar-refractivity contribution is 7.26. The zero-order valence-electron chi connectivity index (χ0n) is 26.7. The van der Waals surface area contributed by atoms with Crippen LogP contribution in [-0.4, -0.2) is 9.55 Å². The number of para-hydroxylation sites is 2. The van der Waals surface area contributed by atoms with E-state index in [0.29, 0.717) is 0 Å². The van der Waals surface area contributed by atoms with E-state index in [2.05, 4.69) is 126 Å². The van der Waals surface area contributed by atoms with Gasteiger partial charge in [0.1, 0.15) is 5.82 Å². The fraction of sp³-hybridized carbons (Fsp3) is 0.222. The number of thiophene rings is 1. The average molecular weight is 635 g/mol. The lowest BCUT2D eigenvalue weighted by molar-refractivity contribution is -0.0399. The number of nitrogens with zero attached hydrogens (tertiary/aromatic N) is 2. The van der Waals surface area contributed by atoms with Crippen molar-refractivity contribution in [3.05, 3.63) is 132 Å². The van der Waals surface area contributed by atoms with E-state index in [4.69, 9.17) is 4.98 Å². The van der Waals surface area contributed by atoms with E-state index in [1.165, 1.54) is 79.9 Å². The molecule has 0 saturated heterocycles. The van der Waals surface area contributed by atoms with Crippen LogP contribution in [-0.2, 0) is 5.41 Å². The third-order valence-corrected chi connectivity index (χ3v) is 14.1. The Kier molecular flexibility index (Phi) is 5.05. The Bertz CT molecular complexity index is 2610. The Hall–Kier alpha value is -4.73. The first-order valence-corrected chi connectivity index (χ1v) is 18.6. The first kappa shape index (κ1) is 26.3. The van der Waals surface area contributed by atoms with E-state index in [-0.39, 0.29) is 5.41 Å². The van der Waals surface area contributed by atoms with Crippen molar-refractivity contribution in [3.8, 4) is 28.2 Å². The van der Waals surface area contributed by atoms with Crippen LogP contribution in [0.4, 0.5) is 0 Å². The maximum absolute atomic E-state index is 5.21. The number of rotatable bonds is 2. The van der Waals surface area contributed by atoms with E-state index < -0.39 is 0 Å². The Morgan fingerprint density at radius 3 is 2.15 bits per heavy atom. The molecular weight excluding hydrogens is 601 g/mol. The minimum atomic E-state index is 0.178. The molecule has 3 heteroatoms. The van der Waals surface area contributed by atoms with Crippen LogP contribution in [0.3, 0.4) is 0 Å². The molecule has 6 aromatic carbocycles. The van der Waals surface area contributed by atoms with Gasteiger partial charge in [-0.15, -0.1) is 11.3 Å². The van der Waals surface area contributed by atoms with Gasteiger partial charge in [0.2, 0.25) is 0 Å². The average Bonchev–Trinajstić information content (AvgIpc) is 3.79. The second-order valence-electron chi connectivity index (χ2n) is 15.1. The fourth-order valence-corrected chi connectivity index (χ4v) is 12.7. The standard InChI is InChI=1S/C45H34N2S/c1-2-10-28(11-3-1)44-46-36-16-8-9-17-37(36)47(44)38-25-40-42(32-13-5-4-12-31(32)38)43-39(48-40)19-18-35-41(43)33-14-6-7-15-34(33)45(35)29-21-26-20-27(23-29)24-30(45)22-26/h1-19,25-27,29-30H,20-24H2. The molecule has 2 aromatic heterocycles.